The van der Waals surface area contributed by atoms with E-state index in [-0.39, 0.29) is 16.7 Å². The second-order valence-corrected chi connectivity index (χ2v) is 24.4. The average Bonchev–Trinajstić information content (AvgIpc) is 3.83. The van der Waals surface area contributed by atoms with Gasteiger partial charge < -0.3 is 4.90 Å². The van der Waals surface area contributed by atoms with Crippen molar-refractivity contribution in [2.45, 2.75) is 78.1 Å². The van der Waals surface area contributed by atoms with Gasteiger partial charge in [-0.1, -0.05) is 262 Å². The average molecular weight is 1000 g/mol. The molecule has 0 spiro atoms. The zero-order valence-corrected chi connectivity index (χ0v) is 46.0. The van der Waals surface area contributed by atoms with Gasteiger partial charge in [-0.3, -0.25) is 0 Å². The molecular formula is C74H67NS. The fourth-order valence-corrected chi connectivity index (χ4v) is 13.8. The summed E-state index contributed by atoms with van der Waals surface area (Å²) in [6.07, 6.45) is 2.57. The number of allylic oxidation sites excluding steroid dienone is 2. The van der Waals surface area contributed by atoms with Crippen LogP contribution in [0.25, 0.3) is 69.9 Å². The Morgan fingerprint density at radius 3 is 1.61 bits per heavy atom. The van der Waals surface area contributed by atoms with Crippen molar-refractivity contribution >= 4 is 64.9 Å². The van der Waals surface area contributed by atoms with Gasteiger partial charge in [0, 0.05) is 48.5 Å². The van der Waals surface area contributed by atoms with Crippen molar-refractivity contribution < 1.29 is 0 Å². The van der Waals surface area contributed by atoms with Crippen LogP contribution in [-0.2, 0) is 10.8 Å². The molecule has 0 bridgehead atoms. The van der Waals surface area contributed by atoms with E-state index in [0.29, 0.717) is 17.8 Å². The van der Waals surface area contributed by atoms with Crippen molar-refractivity contribution in [2.75, 3.05) is 4.90 Å². The van der Waals surface area contributed by atoms with Crippen LogP contribution >= 0.6 is 11.3 Å². The minimum Gasteiger partial charge on any atom is -0.309 e. The van der Waals surface area contributed by atoms with Gasteiger partial charge >= 0.3 is 0 Å². The van der Waals surface area contributed by atoms with Crippen molar-refractivity contribution in [3.8, 4) is 33.4 Å². The Bertz CT molecular complexity index is 3900. The van der Waals surface area contributed by atoms with Gasteiger partial charge in [0.15, 0.2) is 0 Å². The molecule has 0 saturated heterocycles. The maximum absolute atomic E-state index is 2.57. The number of para-hydroxylation sites is 2. The SMILES string of the molecule is CC1C=C(c2ccccc2)C(c2ccccc2)C(C)C1c1ccc(N(c2ccccc2-c2cccc3c2sc2ccccc23)c2ccccc2-c2cccc3cccc(-c4cc(C(C)(C)C)cc(C(C)(C)C)c4)c23)cc1. The largest absolute Gasteiger partial charge is 0.309 e. The third-order valence-electron chi connectivity index (χ3n) is 16.4. The molecule has 0 N–H and O–H groups in total. The molecule has 1 heterocycles. The van der Waals surface area contributed by atoms with Crippen molar-refractivity contribution in [3.05, 3.63) is 264 Å². The molecule has 1 aromatic heterocycles. The predicted octanol–water partition coefficient (Wildman–Crippen LogP) is 21.5. The van der Waals surface area contributed by atoms with Gasteiger partial charge in [-0.2, -0.15) is 0 Å². The molecule has 11 aromatic rings. The van der Waals surface area contributed by atoms with Crippen LogP contribution in [-0.4, -0.2) is 0 Å². The first-order valence-electron chi connectivity index (χ1n) is 27.3. The van der Waals surface area contributed by atoms with E-state index in [1.165, 1.54) is 97.7 Å². The molecule has 4 unspecified atom stereocenters. The number of thiophene rings is 1. The van der Waals surface area contributed by atoms with Crippen molar-refractivity contribution in [1.82, 2.24) is 0 Å². The highest BCUT2D eigenvalue weighted by molar-refractivity contribution is 7.26. The summed E-state index contributed by atoms with van der Waals surface area (Å²) in [5.74, 6) is 1.26. The molecule has 12 rings (SSSR count). The van der Waals surface area contributed by atoms with Crippen LogP contribution in [0.5, 0.6) is 0 Å². The van der Waals surface area contributed by atoms with Gasteiger partial charge in [0.2, 0.25) is 0 Å². The molecule has 0 fully saturated rings. The van der Waals surface area contributed by atoms with Crippen LogP contribution in [0, 0.1) is 11.8 Å². The highest BCUT2D eigenvalue weighted by Crippen LogP contribution is 2.54. The molecule has 1 aliphatic carbocycles. The lowest BCUT2D eigenvalue weighted by Gasteiger charge is -2.41. The van der Waals surface area contributed by atoms with Crippen LogP contribution in [0.1, 0.15) is 95.0 Å². The third-order valence-corrected chi connectivity index (χ3v) is 17.6. The first kappa shape index (κ1) is 49.1. The zero-order chi connectivity index (χ0) is 52.3. The van der Waals surface area contributed by atoms with Gasteiger partial charge in [-0.25, -0.2) is 0 Å². The fraction of sp³-hybridized carbons (Fsp3) is 0.189. The zero-order valence-electron chi connectivity index (χ0n) is 45.2. The molecule has 4 atom stereocenters. The standard InChI is InChI=1S/C74H67NS/c1-48-44-65(50-24-11-9-12-25-50)70(51-26-13-10-14-27-51)49(2)69(48)53-40-42-57(43-41-53)75(67-38-19-16-31-60(67)63-35-23-36-64-61-32-17-20-39-68(61)76-72(63)64)66-37-18-15-30-59(66)62-34-22-29-52-28-21-33-58(71(52)62)54-45-55(73(3,4)5)47-56(46-54)74(6,7)8/h9-49,69-70H,1-8H3. The van der Waals surface area contributed by atoms with Crippen molar-refractivity contribution in [1.29, 1.82) is 0 Å². The monoisotopic (exact) mass is 1000 g/mol. The lowest BCUT2D eigenvalue weighted by atomic mass is 9.63. The number of anilines is 3. The fourth-order valence-electron chi connectivity index (χ4n) is 12.6. The van der Waals surface area contributed by atoms with E-state index in [2.05, 4.69) is 297 Å². The minimum atomic E-state index is -0.0158. The van der Waals surface area contributed by atoms with Crippen LogP contribution < -0.4 is 4.90 Å². The number of rotatable bonds is 9. The molecule has 1 nitrogen and oxygen atoms in total. The van der Waals surface area contributed by atoms with Gasteiger partial charge in [0.05, 0.1) is 11.4 Å². The Hall–Kier alpha value is -7.78. The van der Waals surface area contributed by atoms with Crippen LogP contribution in [0.2, 0.25) is 0 Å². The number of fused-ring (bicyclic) bond motifs is 4. The highest BCUT2D eigenvalue weighted by atomic mass is 32.1. The van der Waals surface area contributed by atoms with Gasteiger partial charge in [-0.15, -0.1) is 11.3 Å². The molecule has 1 aliphatic rings. The van der Waals surface area contributed by atoms with Crippen LogP contribution in [0.4, 0.5) is 17.1 Å². The van der Waals surface area contributed by atoms with Crippen molar-refractivity contribution in [3.63, 3.8) is 0 Å². The lowest BCUT2D eigenvalue weighted by molar-refractivity contribution is 0.349. The van der Waals surface area contributed by atoms with E-state index in [9.17, 15) is 0 Å². The number of hydrogen-bond donors (Lipinski definition) is 0. The van der Waals surface area contributed by atoms with Crippen LogP contribution in [0.3, 0.4) is 0 Å². The normalized spacial score (nSPS) is 17.0. The molecule has 76 heavy (non-hydrogen) atoms. The Morgan fingerprint density at radius 2 is 0.947 bits per heavy atom. The third kappa shape index (κ3) is 8.97. The highest BCUT2D eigenvalue weighted by Gasteiger charge is 2.38. The van der Waals surface area contributed by atoms with E-state index >= 15 is 0 Å². The number of benzene rings is 10. The molecule has 2 heteroatoms. The van der Waals surface area contributed by atoms with Gasteiger partial charge in [0.25, 0.3) is 0 Å². The summed E-state index contributed by atoms with van der Waals surface area (Å²) in [6.45, 7) is 18.9. The van der Waals surface area contributed by atoms with E-state index in [1.807, 2.05) is 11.3 Å². The van der Waals surface area contributed by atoms with E-state index in [0.717, 1.165) is 17.1 Å². The Morgan fingerprint density at radius 1 is 0.421 bits per heavy atom. The number of hydrogen-bond acceptors (Lipinski definition) is 2. The summed E-state index contributed by atoms with van der Waals surface area (Å²) in [5.41, 5.74) is 18.9. The summed E-state index contributed by atoms with van der Waals surface area (Å²) in [6, 6.07) is 86.9. The Balaban J connectivity index is 1.06. The van der Waals surface area contributed by atoms with E-state index < -0.39 is 0 Å². The smallest absolute Gasteiger partial charge is 0.0540 e. The molecule has 0 aliphatic heterocycles. The molecule has 0 saturated carbocycles. The summed E-state index contributed by atoms with van der Waals surface area (Å²) in [4.78, 5) is 2.55. The summed E-state index contributed by atoms with van der Waals surface area (Å²) in [5, 5.41) is 5.09. The first-order chi connectivity index (χ1) is 36.8. The summed E-state index contributed by atoms with van der Waals surface area (Å²) < 4.78 is 2.61. The first-order valence-corrected chi connectivity index (χ1v) is 28.1. The molecule has 0 radical (unpaired) electrons. The van der Waals surface area contributed by atoms with Gasteiger partial charge in [0.1, 0.15) is 0 Å². The number of nitrogens with zero attached hydrogens (tertiary/aromatic N) is 1. The summed E-state index contributed by atoms with van der Waals surface area (Å²) >= 11 is 1.89. The maximum atomic E-state index is 2.57. The second-order valence-electron chi connectivity index (χ2n) is 23.4. The molecule has 0 amide bonds. The summed E-state index contributed by atoms with van der Waals surface area (Å²) in [7, 11) is 0. The second kappa shape index (κ2) is 19.7. The lowest BCUT2D eigenvalue weighted by Crippen LogP contribution is -2.28. The quantitative estimate of drug-likeness (QED) is 0.139. The van der Waals surface area contributed by atoms with E-state index in [4.69, 9.17) is 0 Å². The molecule has 10 aromatic carbocycles. The molecular weight excluding hydrogens is 935 g/mol. The Labute approximate surface area is 454 Å². The van der Waals surface area contributed by atoms with Crippen LogP contribution in [0.15, 0.2) is 237 Å². The maximum Gasteiger partial charge on any atom is 0.0540 e. The predicted molar refractivity (Wildman–Crippen MR) is 330 cm³/mol. The topological polar surface area (TPSA) is 3.24 Å². The van der Waals surface area contributed by atoms with Gasteiger partial charge in [-0.05, 0) is 120 Å². The Kier molecular flexibility index (Phi) is 12.8. The van der Waals surface area contributed by atoms with Crippen molar-refractivity contribution in [2.24, 2.45) is 11.8 Å². The van der Waals surface area contributed by atoms with E-state index in [1.54, 1.807) is 0 Å². The minimum absolute atomic E-state index is 0.0158. The molecule has 374 valence electrons.